The van der Waals surface area contributed by atoms with E-state index in [1.54, 1.807) is 0 Å². The van der Waals surface area contributed by atoms with Gasteiger partial charge in [0.05, 0.1) is 0 Å². The molecule has 17 heavy (non-hydrogen) atoms. The van der Waals surface area contributed by atoms with Gasteiger partial charge in [0.25, 0.3) is 0 Å². The molecule has 0 radical (unpaired) electrons. The van der Waals surface area contributed by atoms with Crippen LogP contribution in [-0.4, -0.2) is 0 Å². The van der Waals surface area contributed by atoms with E-state index in [0.29, 0.717) is 5.70 Å². The monoisotopic (exact) mass is 225 g/mol. The maximum Gasteiger partial charge on any atom is 0.0244 e. The zero-order valence-corrected chi connectivity index (χ0v) is 10.7. The highest BCUT2D eigenvalue weighted by Gasteiger charge is 2.37. The van der Waals surface area contributed by atoms with Crippen molar-refractivity contribution in [3.63, 3.8) is 0 Å². The van der Waals surface area contributed by atoms with E-state index in [-0.39, 0.29) is 5.41 Å². The smallest absolute Gasteiger partial charge is 0.0244 e. The summed E-state index contributed by atoms with van der Waals surface area (Å²) >= 11 is 0. The van der Waals surface area contributed by atoms with Crippen molar-refractivity contribution in [2.24, 2.45) is 5.73 Å². The first-order valence-corrected chi connectivity index (χ1v) is 5.91. The molecule has 1 aliphatic carbocycles. The maximum absolute atomic E-state index is 5.75. The number of hydrogen-bond acceptors (Lipinski definition) is 1. The van der Waals surface area contributed by atoms with E-state index in [9.17, 15) is 0 Å². The number of nitrogens with two attached hydrogens (primary N) is 1. The van der Waals surface area contributed by atoms with Gasteiger partial charge in [-0.05, 0) is 35.3 Å². The third-order valence-corrected chi connectivity index (χ3v) is 3.47. The molecule has 88 valence electrons. The second-order valence-corrected chi connectivity index (χ2v) is 5.01. The minimum atomic E-state index is 0.000741. The van der Waals surface area contributed by atoms with Crippen LogP contribution in [0, 0.1) is 0 Å². The Hall–Kier alpha value is -1.76. The van der Waals surface area contributed by atoms with Gasteiger partial charge in [-0.1, -0.05) is 50.8 Å². The van der Waals surface area contributed by atoms with Gasteiger partial charge in [-0.15, -0.1) is 0 Å². The van der Waals surface area contributed by atoms with Gasteiger partial charge >= 0.3 is 0 Å². The van der Waals surface area contributed by atoms with Crippen molar-refractivity contribution >= 4 is 5.57 Å². The fourth-order valence-corrected chi connectivity index (χ4v) is 2.64. The minimum Gasteiger partial charge on any atom is -0.399 e. The maximum atomic E-state index is 5.75. The first-order chi connectivity index (χ1) is 7.98. The molecule has 0 bridgehead atoms. The van der Waals surface area contributed by atoms with Gasteiger partial charge in [0.15, 0.2) is 0 Å². The predicted molar refractivity (Wildman–Crippen MR) is 74.5 cm³/mol. The van der Waals surface area contributed by atoms with Crippen LogP contribution in [-0.2, 0) is 5.41 Å². The molecule has 1 aromatic rings. The lowest BCUT2D eigenvalue weighted by Crippen LogP contribution is -2.15. The zero-order chi connectivity index (χ0) is 12.6. The zero-order valence-electron chi connectivity index (χ0n) is 10.7. The van der Waals surface area contributed by atoms with Gasteiger partial charge in [-0.2, -0.15) is 0 Å². The molecule has 0 fully saturated rings. The lowest BCUT2D eigenvalue weighted by Gasteiger charge is -2.22. The summed E-state index contributed by atoms with van der Waals surface area (Å²) in [5, 5.41) is 0. The Morgan fingerprint density at radius 1 is 1.29 bits per heavy atom. The van der Waals surface area contributed by atoms with Crippen LogP contribution in [0.1, 0.15) is 31.9 Å². The van der Waals surface area contributed by atoms with Crippen LogP contribution >= 0.6 is 0 Å². The van der Waals surface area contributed by atoms with Gasteiger partial charge in [0.1, 0.15) is 0 Å². The fourth-order valence-electron chi connectivity index (χ4n) is 2.64. The Labute approximate surface area is 103 Å². The van der Waals surface area contributed by atoms with Crippen molar-refractivity contribution in [2.75, 3.05) is 0 Å². The number of benzene rings is 1. The number of rotatable bonds is 1. The van der Waals surface area contributed by atoms with E-state index in [4.69, 9.17) is 5.73 Å². The number of fused-ring (bicyclic) bond motifs is 1. The molecule has 1 aromatic carbocycles. The van der Waals surface area contributed by atoms with Crippen LogP contribution in [0.3, 0.4) is 0 Å². The highest BCUT2D eigenvalue weighted by atomic mass is 14.6. The lowest BCUT2D eigenvalue weighted by molar-refractivity contribution is 0.660. The first kappa shape index (κ1) is 11.7. The molecule has 0 aromatic heterocycles. The van der Waals surface area contributed by atoms with E-state index < -0.39 is 0 Å². The summed E-state index contributed by atoms with van der Waals surface area (Å²) in [6, 6.07) is 8.54. The Morgan fingerprint density at radius 3 is 2.53 bits per heavy atom. The molecule has 1 aliphatic rings. The van der Waals surface area contributed by atoms with Gasteiger partial charge in [0.2, 0.25) is 0 Å². The molecule has 1 heteroatoms. The predicted octanol–water partition coefficient (Wildman–Crippen LogP) is 3.78. The Morgan fingerprint density at radius 2 is 1.94 bits per heavy atom. The molecule has 2 N–H and O–H groups in total. The van der Waals surface area contributed by atoms with Crippen molar-refractivity contribution in [2.45, 2.75) is 26.2 Å². The quantitative estimate of drug-likeness (QED) is 0.773. The van der Waals surface area contributed by atoms with Gasteiger partial charge in [-0.3, -0.25) is 0 Å². The molecule has 0 spiro atoms. The van der Waals surface area contributed by atoms with Gasteiger partial charge in [-0.25, -0.2) is 0 Å². The molecular weight excluding hydrogens is 206 g/mol. The minimum absolute atomic E-state index is 0.000741. The van der Waals surface area contributed by atoms with E-state index in [2.05, 4.69) is 57.7 Å². The van der Waals surface area contributed by atoms with Crippen LogP contribution in [0.2, 0.25) is 0 Å². The molecule has 0 aliphatic heterocycles. The summed E-state index contributed by atoms with van der Waals surface area (Å²) in [6.45, 7) is 10.3. The van der Waals surface area contributed by atoms with E-state index in [1.165, 1.54) is 22.3 Å². The largest absolute Gasteiger partial charge is 0.399 e. The van der Waals surface area contributed by atoms with Crippen molar-refractivity contribution in [1.29, 1.82) is 0 Å². The van der Waals surface area contributed by atoms with Crippen molar-refractivity contribution in [1.82, 2.24) is 0 Å². The molecule has 0 atom stereocenters. The third kappa shape index (κ3) is 1.72. The molecule has 0 saturated carbocycles. The Kier molecular flexibility index (Phi) is 2.70. The van der Waals surface area contributed by atoms with E-state index in [1.807, 2.05) is 6.08 Å². The Balaban J connectivity index is 2.72. The molecule has 0 unspecified atom stereocenters. The summed E-state index contributed by atoms with van der Waals surface area (Å²) in [5.41, 5.74) is 11.6. The SMILES string of the molecule is C=C(N)/C=C1\C(=C/C)c2ccccc2C1(C)C. The molecule has 1 nitrogen and oxygen atoms in total. The average molecular weight is 225 g/mol. The standard InChI is InChI=1S/C16H19N/c1-5-12-13-8-6-7-9-14(13)16(3,4)15(12)10-11(2)17/h5-10H,2,17H2,1,3-4H3/b12-5-,15-10+. The first-order valence-electron chi connectivity index (χ1n) is 5.91. The lowest BCUT2D eigenvalue weighted by atomic mass is 9.82. The van der Waals surface area contributed by atoms with Crippen molar-refractivity contribution in [3.8, 4) is 0 Å². The second kappa shape index (κ2) is 3.92. The van der Waals surface area contributed by atoms with Gasteiger partial charge < -0.3 is 5.73 Å². The average Bonchev–Trinajstić information content (AvgIpc) is 2.48. The third-order valence-electron chi connectivity index (χ3n) is 3.47. The Bertz CT molecular complexity index is 530. The summed E-state index contributed by atoms with van der Waals surface area (Å²) < 4.78 is 0. The molecular formula is C16H19N. The highest BCUT2D eigenvalue weighted by molar-refractivity contribution is 5.89. The fraction of sp³-hybridized carbons (Fsp3) is 0.250. The summed E-state index contributed by atoms with van der Waals surface area (Å²) in [5.74, 6) is 0. The van der Waals surface area contributed by atoms with Crippen LogP contribution in [0.25, 0.3) is 5.57 Å². The van der Waals surface area contributed by atoms with Crippen molar-refractivity contribution in [3.05, 3.63) is 65.4 Å². The van der Waals surface area contributed by atoms with Crippen LogP contribution in [0.5, 0.6) is 0 Å². The normalized spacial score (nSPS) is 21.8. The van der Waals surface area contributed by atoms with Crippen LogP contribution in [0.15, 0.2) is 54.3 Å². The summed E-state index contributed by atoms with van der Waals surface area (Å²) in [7, 11) is 0. The van der Waals surface area contributed by atoms with E-state index in [0.717, 1.165) is 0 Å². The van der Waals surface area contributed by atoms with Crippen molar-refractivity contribution < 1.29 is 0 Å². The summed E-state index contributed by atoms with van der Waals surface area (Å²) in [6.07, 6.45) is 4.15. The molecule has 0 amide bonds. The molecule has 0 saturated heterocycles. The number of allylic oxidation sites excluding steroid dienone is 4. The topological polar surface area (TPSA) is 26.0 Å². The molecule has 2 rings (SSSR count). The number of hydrogen-bond donors (Lipinski definition) is 1. The van der Waals surface area contributed by atoms with Gasteiger partial charge in [0, 0.05) is 11.1 Å². The van der Waals surface area contributed by atoms with Crippen LogP contribution in [0.4, 0.5) is 0 Å². The molecule has 0 heterocycles. The second-order valence-electron chi connectivity index (χ2n) is 5.01. The summed E-state index contributed by atoms with van der Waals surface area (Å²) in [4.78, 5) is 0. The highest BCUT2D eigenvalue weighted by Crippen LogP contribution is 2.49. The van der Waals surface area contributed by atoms with Crippen LogP contribution < -0.4 is 5.73 Å². The van der Waals surface area contributed by atoms with E-state index >= 15 is 0 Å².